The molecule has 2 aromatic heterocycles. The molecule has 0 aromatic carbocycles. The Balaban J connectivity index is 2.67. The lowest BCUT2D eigenvalue weighted by atomic mass is 10.1. The van der Waals surface area contributed by atoms with Gasteiger partial charge in [-0.3, -0.25) is 4.40 Å². The number of aromatic nitrogens is 2. The van der Waals surface area contributed by atoms with E-state index in [1.807, 2.05) is 36.6 Å². The third kappa shape index (κ3) is 1.44. The van der Waals surface area contributed by atoms with Crippen LogP contribution in [0.3, 0.4) is 0 Å². The molecule has 0 saturated carbocycles. The summed E-state index contributed by atoms with van der Waals surface area (Å²) in [7, 11) is 0. The molecule has 1 unspecified atom stereocenters. The molecule has 2 aromatic rings. The summed E-state index contributed by atoms with van der Waals surface area (Å²) in [6.45, 7) is 3.94. The highest BCUT2D eigenvalue weighted by Crippen LogP contribution is 2.20. The first-order valence-corrected chi connectivity index (χ1v) is 5.28. The van der Waals surface area contributed by atoms with Crippen molar-refractivity contribution >= 4 is 21.6 Å². The molecule has 0 fully saturated rings. The Morgan fingerprint density at radius 2 is 2.29 bits per heavy atom. The van der Waals surface area contributed by atoms with Crippen molar-refractivity contribution in [2.75, 3.05) is 0 Å². The number of rotatable bonds is 1. The van der Waals surface area contributed by atoms with Gasteiger partial charge in [0.15, 0.2) is 0 Å². The van der Waals surface area contributed by atoms with Gasteiger partial charge in [-0.25, -0.2) is 4.98 Å². The SMILES string of the molecule is Cc1nc2cc(C(C)N)ccn2c1Br. The summed E-state index contributed by atoms with van der Waals surface area (Å²) in [5.41, 5.74) is 8.83. The molecule has 4 heteroatoms. The zero-order valence-electron chi connectivity index (χ0n) is 8.16. The van der Waals surface area contributed by atoms with Crippen LogP contribution in [-0.2, 0) is 0 Å². The number of halogens is 1. The summed E-state index contributed by atoms with van der Waals surface area (Å²) in [5, 5.41) is 0. The third-order valence-electron chi connectivity index (χ3n) is 2.28. The van der Waals surface area contributed by atoms with E-state index in [9.17, 15) is 0 Å². The topological polar surface area (TPSA) is 43.3 Å². The van der Waals surface area contributed by atoms with Gasteiger partial charge < -0.3 is 5.73 Å². The number of nitrogens with two attached hydrogens (primary N) is 1. The molecule has 2 rings (SSSR count). The van der Waals surface area contributed by atoms with E-state index in [2.05, 4.69) is 20.9 Å². The molecule has 0 radical (unpaired) electrons. The van der Waals surface area contributed by atoms with Crippen LogP contribution in [0.25, 0.3) is 5.65 Å². The van der Waals surface area contributed by atoms with Crippen molar-refractivity contribution in [2.45, 2.75) is 19.9 Å². The van der Waals surface area contributed by atoms with E-state index in [4.69, 9.17) is 5.73 Å². The van der Waals surface area contributed by atoms with Crippen LogP contribution in [0, 0.1) is 6.92 Å². The maximum absolute atomic E-state index is 5.80. The molecule has 0 spiro atoms. The quantitative estimate of drug-likeness (QED) is 0.849. The van der Waals surface area contributed by atoms with Crippen molar-refractivity contribution in [3.05, 3.63) is 34.2 Å². The predicted molar refractivity (Wildman–Crippen MR) is 60.2 cm³/mol. The van der Waals surface area contributed by atoms with E-state index in [1.165, 1.54) is 0 Å². The van der Waals surface area contributed by atoms with Crippen molar-refractivity contribution in [3.8, 4) is 0 Å². The molecule has 3 nitrogen and oxygen atoms in total. The van der Waals surface area contributed by atoms with Crippen LogP contribution in [0.5, 0.6) is 0 Å². The fourth-order valence-corrected chi connectivity index (χ4v) is 1.82. The molecule has 0 aliphatic carbocycles. The Bertz CT molecular complexity index is 473. The second-order valence-corrected chi connectivity index (χ2v) is 4.22. The van der Waals surface area contributed by atoms with Gasteiger partial charge in [0, 0.05) is 12.2 Å². The summed E-state index contributed by atoms with van der Waals surface area (Å²) in [5.74, 6) is 0. The molecule has 1 atom stereocenters. The van der Waals surface area contributed by atoms with Crippen LogP contribution in [0.15, 0.2) is 22.9 Å². The van der Waals surface area contributed by atoms with E-state index >= 15 is 0 Å². The first kappa shape index (κ1) is 9.68. The van der Waals surface area contributed by atoms with E-state index in [0.717, 1.165) is 21.5 Å². The number of fused-ring (bicyclic) bond motifs is 1. The normalized spacial score (nSPS) is 13.4. The number of imidazole rings is 1. The molecule has 0 aliphatic rings. The second-order valence-electron chi connectivity index (χ2n) is 3.46. The zero-order chi connectivity index (χ0) is 10.3. The molecule has 74 valence electrons. The number of hydrogen-bond acceptors (Lipinski definition) is 2. The largest absolute Gasteiger partial charge is 0.324 e. The van der Waals surface area contributed by atoms with Gasteiger partial charge in [0.05, 0.1) is 5.69 Å². The van der Waals surface area contributed by atoms with Crippen molar-refractivity contribution in [1.29, 1.82) is 0 Å². The van der Waals surface area contributed by atoms with E-state index in [1.54, 1.807) is 0 Å². The average molecular weight is 254 g/mol. The first-order valence-electron chi connectivity index (χ1n) is 4.49. The summed E-state index contributed by atoms with van der Waals surface area (Å²) in [4.78, 5) is 4.42. The fraction of sp³-hybridized carbons (Fsp3) is 0.300. The van der Waals surface area contributed by atoms with Crippen LogP contribution in [0.1, 0.15) is 24.2 Å². The first-order chi connectivity index (χ1) is 6.59. The molecule has 0 amide bonds. The lowest BCUT2D eigenvalue weighted by Crippen LogP contribution is -2.05. The molecule has 0 bridgehead atoms. The third-order valence-corrected chi connectivity index (χ3v) is 3.23. The molecular formula is C10H12BrN3. The van der Waals surface area contributed by atoms with Gasteiger partial charge in [-0.1, -0.05) is 0 Å². The van der Waals surface area contributed by atoms with Crippen LogP contribution in [0.2, 0.25) is 0 Å². The Hall–Kier alpha value is -0.870. The zero-order valence-corrected chi connectivity index (χ0v) is 9.75. The summed E-state index contributed by atoms with van der Waals surface area (Å²) in [6, 6.07) is 4.09. The summed E-state index contributed by atoms with van der Waals surface area (Å²) >= 11 is 3.48. The highest BCUT2D eigenvalue weighted by Gasteiger charge is 2.07. The minimum absolute atomic E-state index is 0.0516. The van der Waals surface area contributed by atoms with Gasteiger partial charge in [0.1, 0.15) is 10.3 Å². The molecule has 0 aliphatic heterocycles. The van der Waals surface area contributed by atoms with Gasteiger partial charge in [-0.15, -0.1) is 0 Å². The lowest BCUT2D eigenvalue weighted by molar-refractivity contribution is 0.815. The standard InChI is InChI=1S/C10H12BrN3/c1-6(12)8-3-4-14-9(5-8)13-7(2)10(14)11/h3-6H,12H2,1-2H3. The van der Waals surface area contributed by atoms with Gasteiger partial charge in [-0.2, -0.15) is 0 Å². The maximum Gasteiger partial charge on any atom is 0.138 e. The highest BCUT2D eigenvalue weighted by atomic mass is 79.9. The van der Waals surface area contributed by atoms with E-state index in [-0.39, 0.29) is 6.04 Å². The van der Waals surface area contributed by atoms with Gasteiger partial charge in [0.2, 0.25) is 0 Å². The number of hydrogen-bond donors (Lipinski definition) is 1. The lowest BCUT2D eigenvalue weighted by Gasteiger charge is -2.05. The Morgan fingerprint density at radius 3 is 2.93 bits per heavy atom. The second kappa shape index (κ2) is 3.37. The molecular weight excluding hydrogens is 242 g/mol. The fourth-order valence-electron chi connectivity index (χ4n) is 1.43. The molecule has 2 N–H and O–H groups in total. The van der Waals surface area contributed by atoms with Crippen LogP contribution < -0.4 is 5.73 Å². The van der Waals surface area contributed by atoms with Crippen molar-refractivity contribution in [3.63, 3.8) is 0 Å². The van der Waals surface area contributed by atoms with Crippen LogP contribution in [0.4, 0.5) is 0 Å². The smallest absolute Gasteiger partial charge is 0.138 e. The van der Waals surface area contributed by atoms with E-state index in [0.29, 0.717) is 0 Å². The summed E-state index contributed by atoms with van der Waals surface area (Å²) < 4.78 is 3.00. The number of nitrogens with zero attached hydrogens (tertiary/aromatic N) is 2. The van der Waals surface area contributed by atoms with Gasteiger partial charge >= 0.3 is 0 Å². The Labute approximate surface area is 91.1 Å². The molecule has 0 saturated heterocycles. The monoisotopic (exact) mass is 253 g/mol. The average Bonchev–Trinajstić information content (AvgIpc) is 2.42. The van der Waals surface area contributed by atoms with Crippen molar-refractivity contribution < 1.29 is 0 Å². The Kier molecular flexibility index (Phi) is 2.33. The van der Waals surface area contributed by atoms with Gasteiger partial charge in [-0.05, 0) is 47.5 Å². The predicted octanol–water partition coefficient (Wildman–Crippen LogP) is 2.42. The van der Waals surface area contributed by atoms with Crippen molar-refractivity contribution in [1.82, 2.24) is 9.38 Å². The summed E-state index contributed by atoms with van der Waals surface area (Å²) in [6.07, 6.45) is 1.98. The maximum atomic E-state index is 5.80. The highest BCUT2D eigenvalue weighted by molar-refractivity contribution is 9.10. The number of aryl methyl sites for hydroxylation is 1. The number of pyridine rings is 1. The molecule has 14 heavy (non-hydrogen) atoms. The minimum Gasteiger partial charge on any atom is -0.324 e. The van der Waals surface area contributed by atoms with Crippen molar-refractivity contribution in [2.24, 2.45) is 5.73 Å². The minimum atomic E-state index is 0.0516. The van der Waals surface area contributed by atoms with E-state index < -0.39 is 0 Å². The van der Waals surface area contributed by atoms with Gasteiger partial charge in [0.25, 0.3) is 0 Å². The van der Waals surface area contributed by atoms with Crippen LogP contribution in [-0.4, -0.2) is 9.38 Å². The Morgan fingerprint density at radius 1 is 1.57 bits per heavy atom. The van der Waals surface area contributed by atoms with Crippen LogP contribution >= 0.6 is 15.9 Å². The molecule has 2 heterocycles.